The molecule has 0 aromatic heterocycles. The fourth-order valence-corrected chi connectivity index (χ4v) is 2.12. The number of ether oxygens (including phenoxy) is 3. The molecule has 0 N–H and O–H groups in total. The van der Waals surface area contributed by atoms with E-state index in [1.807, 2.05) is 0 Å². The van der Waals surface area contributed by atoms with Crippen molar-refractivity contribution >= 4 is 5.97 Å². The van der Waals surface area contributed by atoms with Crippen LogP contribution in [0.4, 0.5) is 13.2 Å². The molecule has 2 aromatic carbocycles. The van der Waals surface area contributed by atoms with Gasteiger partial charge in [-0.15, -0.1) is 0 Å². The van der Waals surface area contributed by atoms with E-state index < -0.39 is 17.7 Å². The van der Waals surface area contributed by atoms with Crippen LogP contribution in [0.2, 0.25) is 0 Å². The molecule has 7 heteroatoms. The molecule has 2 rings (SSSR count). The van der Waals surface area contributed by atoms with Gasteiger partial charge in [-0.05, 0) is 62.4 Å². The van der Waals surface area contributed by atoms with Crippen molar-refractivity contribution in [3.05, 3.63) is 66.2 Å². The number of carbonyl (C=O) groups is 1. The third-order valence-electron chi connectivity index (χ3n) is 3.33. The summed E-state index contributed by atoms with van der Waals surface area (Å²) >= 11 is 0. The Morgan fingerprint density at radius 1 is 1.07 bits per heavy atom. The highest BCUT2D eigenvalue weighted by atomic mass is 19.4. The molecular weight excluding hydrogens is 361 g/mol. The molecule has 0 saturated heterocycles. The molecule has 0 saturated carbocycles. The van der Waals surface area contributed by atoms with Crippen LogP contribution in [0.3, 0.4) is 0 Å². The van der Waals surface area contributed by atoms with Crippen molar-refractivity contribution in [1.29, 1.82) is 0 Å². The second-order valence-corrected chi connectivity index (χ2v) is 5.53. The fraction of sp³-hybridized carbons (Fsp3) is 0.250. The van der Waals surface area contributed by atoms with Crippen LogP contribution in [-0.4, -0.2) is 18.7 Å². The van der Waals surface area contributed by atoms with Crippen molar-refractivity contribution < 1.29 is 32.2 Å². The van der Waals surface area contributed by atoms with Crippen LogP contribution < -0.4 is 9.47 Å². The van der Waals surface area contributed by atoms with Gasteiger partial charge in [0, 0.05) is 6.08 Å². The van der Waals surface area contributed by atoms with Crippen molar-refractivity contribution in [1.82, 2.24) is 0 Å². The monoisotopic (exact) mass is 380 g/mol. The Morgan fingerprint density at radius 2 is 1.74 bits per heavy atom. The maximum Gasteiger partial charge on any atom is 0.416 e. The smallest absolute Gasteiger partial charge is 0.416 e. The number of rotatable bonds is 7. The van der Waals surface area contributed by atoms with Gasteiger partial charge in [-0.25, -0.2) is 4.79 Å². The average Bonchev–Trinajstić information content (AvgIpc) is 2.61. The number of hydrogen-bond acceptors (Lipinski definition) is 4. The maximum absolute atomic E-state index is 12.7. The number of carbonyl (C=O) groups excluding carboxylic acids is 1. The predicted molar refractivity (Wildman–Crippen MR) is 93.8 cm³/mol. The molecule has 1 unspecified atom stereocenters. The zero-order valence-corrected chi connectivity index (χ0v) is 14.8. The van der Waals surface area contributed by atoms with E-state index in [9.17, 15) is 18.0 Å². The third-order valence-corrected chi connectivity index (χ3v) is 3.33. The lowest BCUT2D eigenvalue weighted by molar-refractivity contribution is -0.138. The Labute approximate surface area is 155 Å². The lowest BCUT2D eigenvalue weighted by atomic mass is 10.2. The molecule has 144 valence electrons. The van der Waals surface area contributed by atoms with Crippen molar-refractivity contribution in [3.63, 3.8) is 0 Å². The minimum absolute atomic E-state index is 0.0873. The summed E-state index contributed by atoms with van der Waals surface area (Å²) < 4.78 is 54.0. The average molecular weight is 380 g/mol. The van der Waals surface area contributed by atoms with Gasteiger partial charge in [0.1, 0.15) is 23.4 Å². The highest BCUT2D eigenvalue weighted by Crippen LogP contribution is 2.33. The van der Waals surface area contributed by atoms with E-state index in [0.717, 1.165) is 12.1 Å². The van der Waals surface area contributed by atoms with E-state index in [1.165, 1.54) is 18.2 Å². The first-order valence-corrected chi connectivity index (χ1v) is 8.24. The van der Waals surface area contributed by atoms with Crippen molar-refractivity contribution in [2.75, 3.05) is 6.61 Å². The number of esters is 1. The molecule has 0 aliphatic rings. The van der Waals surface area contributed by atoms with E-state index in [2.05, 4.69) is 0 Å². The summed E-state index contributed by atoms with van der Waals surface area (Å²) in [4.78, 5) is 11.3. The van der Waals surface area contributed by atoms with Crippen LogP contribution >= 0.6 is 0 Å². The Balaban J connectivity index is 1.96. The van der Waals surface area contributed by atoms with Crippen molar-refractivity contribution in [2.24, 2.45) is 0 Å². The highest BCUT2D eigenvalue weighted by Gasteiger charge is 2.30. The molecule has 0 aliphatic carbocycles. The summed E-state index contributed by atoms with van der Waals surface area (Å²) in [6.07, 6.45) is -1.95. The summed E-state index contributed by atoms with van der Waals surface area (Å²) in [7, 11) is 0. The lowest BCUT2D eigenvalue weighted by Crippen LogP contribution is -2.09. The lowest BCUT2D eigenvalue weighted by Gasteiger charge is -2.12. The standard InChI is InChI=1S/C20H19F3O4/c1-3-25-19(24)12-7-14(2)26-16-8-10-17(11-9-16)27-18-6-4-5-15(13-18)20(21,22)23/h4-14H,3H2,1-2H3. The maximum atomic E-state index is 12.7. The molecule has 0 spiro atoms. The zero-order valence-electron chi connectivity index (χ0n) is 14.8. The Kier molecular flexibility index (Phi) is 6.87. The molecule has 0 bridgehead atoms. The molecule has 0 fully saturated rings. The number of alkyl halides is 3. The molecule has 4 nitrogen and oxygen atoms in total. The summed E-state index contributed by atoms with van der Waals surface area (Å²) in [5.74, 6) is 0.533. The van der Waals surface area contributed by atoms with Crippen molar-refractivity contribution in [2.45, 2.75) is 26.1 Å². The van der Waals surface area contributed by atoms with E-state index in [4.69, 9.17) is 14.2 Å². The van der Waals surface area contributed by atoms with Crippen LogP contribution in [-0.2, 0) is 15.7 Å². The van der Waals surface area contributed by atoms with Crippen LogP contribution in [0.1, 0.15) is 19.4 Å². The minimum atomic E-state index is -4.43. The van der Waals surface area contributed by atoms with Gasteiger partial charge < -0.3 is 14.2 Å². The second-order valence-electron chi connectivity index (χ2n) is 5.53. The minimum Gasteiger partial charge on any atom is -0.487 e. The summed E-state index contributed by atoms with van der Waals surface area (Å²) in [5, 5.41) is 0. The van der Waals surface area contributed by atoms with Gasteiger partial charge in [-0.2, -0.15) is 13.2 Å². The topological polar surface area (TPSA) is 44.8 Å². The molecule has 0 radical (unpaired) electrons. The third kappa shape index (κ3) is 6.69. The fourth-order valence-electron chi connectivity index (χ4n) is 2.12. The summed E-state index contributed by atoms with van der Waals surface area (Å²) in [6.45, 7) is 3.77. The summed E-state index contributed by atoms with van der Waals surface area (Å²) in [6, 6.07) is 11.1. The van der Waals surface area contributed by atoms with Gasteiger partial charge in [0.2, 0.25) is 0 Å². The first-order chi connectivity index (χ1) is 12.8. The molecule has 1 atom stereocenters. The number of halogens is 3. The van der Waals surface area contributed by atoms with Gasteiger partial charge in [0.05, 0.1) is 12.2 Å². The predicted octanol–water partition coefficient (Wildman–Crippen LogP) is 5.38. The number of hydrogen-bond donors (Lipinski definition) is 0. The van der Waals surface area contributed by atoms with E-state index in [-0.39, 0.29) is 11.9 Å². The van der Waals surface area contributed by atoms with E-state index >= 15 is 0 Å². The van der Waals surface area contributed by atoms with Crippen LogP contribution in [0.15, 0.2) is 60.7 Å². The van der Waals surface area contributed by atoms with Gasteiger partial charge in [-0.1, -0.05) is 6.07 Å². The number of benzene rings is 2. The molecule has 0 heterocycles. The van der Waals surface area contributed by atoms with Crippen LogP contribution in [0.5, 0.6) is 17.2 Å². The first kappa shape index (κ1) is 20.4. The highest BCUT2D eigenvalue weighted by molar-refractivity contribution is 5.81. The first-order valence-electron chi connectivity index (χ1n) is 8.24. The SMILES string of the molecule is CCOC(=O)C=CC(C)Oc1ccc(Oc2cccc(C(F)(F)F)c2)cc1. The largest absolute Gasteiger partial charge is 0.487 e. The summed E-state index contributed by atoms with van der Waals surface area (Å²) in [5.41, 5.74) is -0.776. The van der Waals surface area contributed by atoms with Crippen molar-refractivity contribution in [3.8, 4) is 17.2 Å². The van der Waals surface area contributed by atoms with Gasteiger partial charge in [-0.3, -0.25) is 0 Å². The molecule has 27 heavy (non-hydrogen) atoms. The van der Waals surface area contributed by atoms with E-state index in [0.29, 0.717) is 18.1 Å². The molecular formula is C20H19F3O4. The van der Waals surface area contributed by atoms with Gasteiger partial charge >= 0.3 is 12.1 Å². The van der Waals surface area contributed by atoms with Gasteiger partial charge in [0.25, 0.3) is 0 Å². The van der Waals surface area contributed by atoms with Crippen LogP contribution in [0, 0.1) is 0 Å². The quantitative estimate of drug-likeness (QED) is 0.478. The van der Waals surface area contributed by atoms with E-state index in [1.54, 1.807) is 44.2 Å². The Bertz CT molecular complexity index is 783. The van der Waals surface area contributed by atoms with Gasteiger partial charge in [0.15, 0.2) is 0 Å². The Morgan fingerprint density at radius 3 is 2.37 bits per heavy atom. The Hall–Kier alpha value is -2.96. The normalized spacial score (nSPS) is 12.6. The molecule has 0 aliphatic heterocycles. The second kappa shape index (κ2) is 9.12. The van der Waals surface area contributed by atoms with Crippen LogP contribution in [0.25, 0.3) is 0 Å². The molecule has 2 aromatic rings. The zero-order chi connectivity index (χ0) is 19.9. The molecule has 0 amide bonds.